The Kier molecular flexibility index (Phi) is 9.41. The zero-order valence-electron chi connectivity index (χ0n) is 6.43. The van der Waals surface area contributed by atoms with Gasteiger partial charge >= 0.3 is 0 Å². The van der Waals surface area contributed by atoms with Crippen LogP contribution in [-0.4, -0.2) is 34.9 Å². The van der Waals surface area contributed by atoms with E-state index in [4.69, 9.17) is 10.2 Å². The summed E-state index contributed by atoms with van der Waals surface area (Å²) in [5.74, 6) is 1.26. The van der Waals surface area contributed by atoms with Gasteiger partial charge in [0.05, 0.1) is 21.7 Å². The molecule has 0 saturated heterocycles. The topological polar surface area (TPSA) is 40.5 Å². The van der Waals surface area contributed by atoms with E-state index in [1.54, 1.807) is 0 Å². The molecule has 12 heavy (non-hydrogen) atoms. The van der Waals surface area contributed by atoms with Crippen molar-refractivity contribution in [2.24, 2.45) is 0 Å². The summed E-state index contributed by atoms with van der Waals surface area (Å²) >= 11 is 11.3. The normalized spacial score (nSPS) is 13.0. The van der Waals surface area contributed by atoms with Gasteiger partial charge in [-0.15, -0.1) is 48.8 Å². The summed E-state index contributed by atoms with van der Waals surface area (Å²) in [7, 11) is 0. The third-order valence-corrected chi connectivity index (χ3v) is 4.40. The molecule has 0 saturated carbocycles. The number of aliphatic hydroxyl groups is 2. The van der Waals surface area contributed by atoms with E-state index in [1.165, 1.54) is 23.5 Å². The van der Waals surface area contributed by atoms with Gasteiger partial charge in [-0.05, 0) is 0 Å². The molecule has 0 aromatic rings. The van der Waals surface area contributed by atoms with E-state index < -0.39 is 0 Å². The van der Waals surface area contributed by atoms with Crippen molar-refractivity contribution in [3.8, 4) is 0 Å². The molecule has 0 rings (SSSR count). The highest BCUT2D eigenvalue weighted by atomic mass is 32.2. The molecule has 0 bridgehead atoms. The third kappa shape index (κ3) is 6.56. The second-order valence-corrected chi connectivity index (χ2v) is 5.46. The number of rotatable bonds is 6. The van der Waals surface area contributed by atoms with E-state index in [2.05, 4.69) is 25.3 Å². The summed E-state index contributed by atoms with van der Waals surface area (Å²) in [6.45, 7) is 0.279. The average molecular weight is 244 g/mol. The van der Waals surface area contributed by atoms with Crippen molar-refractivity contribution in [1.82, 2.24) is 0 Å². The van der Waals surface area contributed by atoms with Crippen molar-refractivity contribution >= 4 is 48.8 Å². The molecule has 0 spiro atoms. The van der Waals surface area contributed by atoms with Crippen molar-refractivity contribution in [2.75, 3.05) is 24.7 Å². The first kappa shape index (κ1) is 13.1. The number of hydrogen-bond acceptors (Lipinski definition) is 6. The van der Waals surface area contributed by atoms with Crippen LogP contribution < -0.4 is 0 Å². The minimum Gasteiger partial charge on any atom is -0.396 e. The van der Waals surface area contributed by atoms with Crippen LogP contribution in [0.25, 0.3) is 0 Å². The van der Waals surface area contributed by atoms with Crippen LogP contribution in [0, 0.1) is 0 Å². The molecule has 0 aliphatic carbocycles. The van der Waals surface area contributed by atoms with Gasteiger partial charge in [0.15, 0.2) is 0 Å². The van der Waals surface area contributed by atoms with Gasteiger partial charge in [-0.2, -0.15) is 0 Å². The summed E-state index contributed by atoms with van der Waals surface area (Å²) in [6.07, 6.45) is 0. The highest BCUT2D eigenvalue weighted by Crippen LogP contribution is 2.32. The van der Waals surface area contributed by atoms with E-state index in [0.29, 0.717) is 11.5 Å². The second kappa shape index (κ2) is 8.65. The van der Waals surface area contributed by atoms with Crippen molar-refractivity contribution in [1.29, 1.82) is 0 Å². The molecule has 2 nitrogen and oxygen atoms in total. The molecule has 0 heterocycles. The molecule has 2 N–H and O–H groups in total. The first-order valence-electron chi connectivity index (χ1n) is 3.32. The van der Waals surface area contributed by atoms with Gasteiger partial charge < -0.3 is 10.2 Å². The fraction of sp³-hybridized carbons (Fsp3) is 0.667. The highest BCUT2D eigenvalue weighted by Gasteiger charge is 1.99. The van der Waals surface area contributed by atoms with Gasteiger partial charge in [-0.25, -0.2) is 0 Å². The predicted octanol–water partition coefficient (Wildman–Crippen LogP) is 1.42. The van der Waals surface area contributed by atoms with Crippen molar-refractivity contribution in [3.63, 3.8) is 0 Å². The minimum atomic E-state index is 0.139. The lowest BCUT2D eigenvalue weighted by Crippen LogP contribution is -1.87. The van der Waals surface area contributed by atoms with Crippen LogP contribution in [0.15, 0.2) is 8.47 Å². The molecule has 72 valence electrons. The summed E-state index contributed by atoms with van der Waals surface area (Å²) in [5, 5.41) is 17.0. The number of thioether (sulfide) groups is 2. The van der Waals surface area contributed by atoms with Gasteiger partial charge in [0.25, 0.3) is 0 Å². The fourth-order valence-corrected chi connectivity index (χ4v) is 2.51. The second-order valence-electron chi connectivity index (χ2n) is 1.75. The van der Waals surface area contributed by atoms with Crippen LogP contribution in [0.4, 0.5) is 0 Å². The zero-order valence-corrected chi connectivity index (χ0v) is 9.86. The maximum Gasteiger partial charge on any atom is 0.0570 e. The van der Waals surface area contributed by atoms with E-state index in [-0.39, 0.29) is 13.2 Å². The van der Waals surface area contributed by atoms with Crippen LogP contribution in [0.5, 0.6) is 0 Å². The Morgan fingerprint density at radius 2 is 1.25 bits per heavy atom. The summed E-state index contributed by atoms with van der Waals surface area (Å²) in [4.78, 5) is 0. The quantitative estimate of drug-likeness (QED) is 0.534. The number of aliphatic hydroxyl groups excluding tert-OH is 2. The van der Waals surface area contributed by atoms with Gasteiger partial charge in [0.2, 0.25) is 0 Å². The van der Waals surface area contributed by atoms with E-state index in [9.17, 15) is 0 Å². The van der Waals surface area contributed by atoms with Crippen molar-refractivity contribution in [2.45, 2.75) is 0 Å². The third-order valence-electron chi connectivity index (χ3n) is 0.843. The molecule has 0 radical (unpaired) electrons. The van der Waals surface area contributed by atoms with E-state index in [0.717, 1.165) is 8.47 Å². The van der Waals surface area contributed by atoms with Gasteiger partial charge in [0.1, 0.15) is 0 Å². The molecule has 0 amide bonds. The minimum absolute atomic E-state index is 0.139. The summed E-state index contributed by atoms with van der Waals surface area (Å²) in [6, 6.07) is 0. The molecule has 0 aliphatic rings. The molecule has 0 aromatic carbocycles. The Bertz CT molecular complexity index is 132. The monoisotopic (exact) mass is 244 g/mol. The molecule has 0 aliphatic heterocycles. The number of thiol groups is 2. The fourth-order valence-electron chi connectivity index (χ4n) is 0.408. The maximum absolute atomic E-state index is 8.52. The van der Waals surface area contributed by atoms with Crippen LogP contribution in [0.3, 0.4) is 0 Å². The van der Waals surface area contributed by atoms with Gasteiger partial charge in [-0.3, -0.25) is 0 Å². The smallest absolute Gasteiger partial charge is 0.0570 e. The lowest BCUT2D eigenvalue weighted by atomic mass is 10.9. The average Bonchev–Trinajstić information content (AvgIpc) is 2.10. The van der Waals surface area contributed by atoms with Crippen molar-refractivity contribution < 1.29 is 10.2 Å². The Balaban J connectivity index is 3.72. The zero-order chi connectivity index (χ0) is 9.40. The lowest BCUT2D eigenvalue weighted by Gasteiger charge is -2.03. The number of hydrogen-bond donors (Lipinski definition) is 4. The van der Waals surface area contributed by atoms with Crippen LogP contribution in [-0.2, 0) is 0 Å². The Hall–Kier alpha value is 1.06. The summed E-state index contributed by atoms with van der Waals surface area (Å²) < 4.78 is 1.59. The van der Waals surface area contributed by atoms with Gasteiger partial charge in [0, 0.05) is 11.5 Å². The molecular weight excluding hydrogens is 232 g/mol. The molecule has 0 aromatic heterocycles. The first-order valence-corrected chi connectivity index (χ1v) is 6.18. The Morgan fingerprint density at radius 3 is 1.50 bits per heavy atom. The molecular formula is C6H12O2S4. The summed E-state index contributed by atoms with van der Waals surface area (Å²) in [5.41, 5.74) is 0. The lowest BCUT2D eigenvalue weighted by molar-refractivity contribution is 0.322. The predicted molar refractivity (Wildman–Crippen MR) is 64.1 cm³/mol. The standard InChI is InChI=1S/C6H12O2S4/c7-1-3-11-5(9)6(10)12-4-2-8/h7-10H,1-4H2/b6-5-. The molecule has 6 heteroatoms. The highest BCUT2D eigenvalue weighted by molar-refractivity contribution is 8.21. The van der Waals surface area contributed by atoms with Crippen LogP contribution in [0.2, 0.25) is 0 Å². The van der Waals surface area contributed by atoms with E-state index >= 15 is 0 Å². The maximum atomic E-state index is 8.52. The van der Waals surface area contributed by atoms with Crippen LogP contribution >= 0.6 is 48.8 Å². The van der Waals surface area contributed by atoms with Gasteiger partial charge in [-0.1, -0.05) is 0 Å². The molecule has 0 unspecified atom stereocenters. The molecule has 0 fully saturated rings. The first-order chi connectivity index (χ1) is 5.72. The van der Waals surface area contributed by atoms with Crippen molar-refractivity contribution in [3.05, 3.63) is 8.47 Å². The Morgan fingerprint density at radius 1 is 0.917 bits per heavy atom. The van der Waals surface area contributed by atoms with E-state index in [1.807, 2.05) is 0 Å². The Labute approximate surface area is 92.0 Å². The SMILES string of the molecule is OCCS/C(S)=C(/S)SCCO. The molecule has 0 atom stereocenters. The van der Waals surface area contributed by atoms with Crippen LogP contribution in [0.1, 0.15) is 0 Å². The largest absolute Gasteiger partial charge is 0.396 e.